The van der Waals surface area contributed by atoms with E-state index in [0.717, 1.165) is 0 Å². The van der Waals surface area contributed by atoms with Gasteiger partial charge in [0.15, 0.2) is 0 Å². The summed E-state index contributed by atoms with van der Waals surface area (Å²) in [7, 11) is 1.24. The van der Waals surface area contributed by atoms with E-state index in [4.69, 9.17) is 0 Å². The van der Waals surface area contributed by atoms with Crippen molar-refractivity contribution in [2.24, 2.45) is 0 Å². The van der Waals surface area contributed by atoms with Crippen molar-refractivity contribution in [2.45, 2.75) is 0 Å². The molecular formula is C2H7BF3NO3. The molecule has 0 unspecified atom stereocenters. The van der Waals surface area contributed by atoms with Crippen LogP contribution in [0.5, 0.6) is 0 Å². The Balaban J connectivity index is 0. The quantitative estimate of drug-likeness (QED) is 0.612. The highest BCUT2D eigenvalue weighted by atomic mass is 19.3. The van der Waals surface area contributed by atoms with Gasteiger partial charge in [0.1, 0.15) is 0 Å². The number of hydrogen-bond acceptors (Lipinski definition) is 4. The van der Waals surface area contributed by atoms with E-state index in [2.05, 4.69) is 19.9 Å². The first kappa shape index (κ1) is 12.4. The molecular weight excluding hydrogens is 154 g/mol. The van der Waals surface area contributed by atoms with E-state index >= 15 is 0 Å². The van der Waals surface area contributed by atoms with E-state index in [0.29, 0.717) is 0 Å². The molecule has 1 N–H and O–H groups in total. The van der Waals surface area contributed by atoms with E-state index in [1.807, 2.05) is 14.1 Å². The second-order valence-corrected chi connectivity index (χ2v) is 1.06. The van der Waals surface area contributed by atoms with Gasteiger partial charge < -0.3 is 5.32 Å². The lowest BCUT2D eigenvalue weighted by Crippen LogP contribution is -2.15. The van der Waals surface area contributed by atoms with Gasteiger partial charge in [0, 0.05) is 0 Å². The Kier molecular flexibility index (Phi) is 14.2. The lowest BCUT2D eigenvalue weighted by atomic mass is 10.3. The fraction of sp³-hybridized carbons (Fsp3) is 1.00. The normalized spacial score (nSPS) is 8.10. The van der Waals surface area contributed by atoms with Gasteiger partial charge in [-0.25, -0.2) is 0 Å². The molecule has 62 valence electrons. The molecule has 0 aromatic rings. The fourth-order valence-electron chi connectivity index (χ4n) is 0.0412. The van der Waals surface area contributed by atoms with Gasteiger partial charge in [-0.2, -0.15) is 14.6 Å². The van der Waals surface area contributed by atoms with Crippen molar-refractivity contribution in [3.63, 3.8) is 0 Å². The van der Waals surface area contributed by atoms with E-state index in [-0.39, 0.29) is 0 Å². The van der Waals surface area contributed by atoms with Gasteiger partial charge in [-0.3, -0.25) is 0 Å². The summed E-state index contributed by atoms with van der Waals surface area (Å²) in [6.07, 6.45) is 0. The Morgan fingerprint density at radius 1 is 1.00 bits per heavy atom. The SMILES string of the molecule is CNC.FOB(OF)OF. The Hall–Kier alpha value is -0.305. The van der Waals surface area contributed by atoms with Gasteiger partial charge in [0.05, 0.1) is 0 Å². The van der Waals surface area contributed by atoms with E-state index < -0.39 is 7.32 Å². The van der Waals surface area contributed by atoms with Crippen molar-refractivity contribution >= 4 is 7.32 Å². The average molecular weight is 161 g/mol. The molecule has 0 atom stereocenters. The van der Waals surface area contributed by atoms with E-state index in [1.54, 1.807) is 0 Å². The molecule has 0 aliphatic heterocycles. The van der Waals surface area contributed by atoms with Crippen LogP contribution in [0.25, 0.3) is 0 Å². The number of hydrogen-bond donors (Lipinski definition) is 1. The highest BCUT2D eigenvalue weighted by Gasteiger charge is 2.24. The zero-order valence-corrected chi connectivity index (χ0v) is 5.44. The van der Waals surface area contributed by atoms with E-state index in [1.165, 1.54) is 0 Å². The van der Waals surface area contributed by atoms with Crippen LogP contribution >= 0.6 is 0 Å². The summed E-state index contributed by atoms with van der Waals surface area (Å²) in [4.78, 5) is 7.06. The molecule has 0 aromatic heterocycles. The summed E-state index contributed by atoms with van der Waals surface area (Å²) in [6, 6.07) is 0. The van der Waals surface area contributed by atoms with Crippen LogP contribution in [-0.4, -0.2) is 21.4 Å². The standard InChI is InChI=1S/C2H7N.BF3O3/c1-3-2;2-5-1(6-3)7-4/h3H,1-2H3;. The summed E-state index contributed by atoms with van der Waals surface area (Å²) in [6.45, 7) is 0. The van der Waals surface area contributed by atoms with E-state index in [9.17, 15) is 13.6 Å². The molecule has 0 fully saturated rings. The third-order valence-corrected chi connectivity index (χ3v) is 0.218. The van der Waals surface area contributed by atoms with Crippen LogP contribution in [0.3, 0.4) is 0 Å². The highest BCUT2D eigenvalue weighted by Crippen LogP contribution is 1.91. The molecule has 0 spiro atoms. The third kappa shape index (κ3) is 10.6. The molecule has 0 amide bonds. The molecule has 0 saturated heterocycles. The zero-order valence-electron chi connectivity index (χ0n) is 5.44. The van der Waals surface area contributed by atoms with Crippen molar-refractivity contribution < 1.29 is 28.2 Å². The van der Waals surface area contributed by atoms with Crippen molar-refractivity contribution in [1.29, 1.82) is 0 Å². The van der Waals surface area contributed by atoms with Gasteiger partial charge in [-0.1, -0.05) is 13.6 Å². The lowest BCUT2D eigenvalue weighted by Gasteiger charge is -1.88. The molecule has 4 nitrogen and oxygen atoms in total. The number of halogens is 3. The number of rotatable bonds is 3. The maximum absolute atomic E-state index is 10.4. The largest absolute Gasteiger partial charge is 0.737 e. The number of nitrogens with one attached hydrogen (secondary N) is 1. The van der Waals surface area contributed by atoms with Crippen molar-refractivity contribution in [3.8, 4) is 0 Å². The molecule has 0 heterocycles. The van der Waals surface area contributed by atoms with Crippen LogP contribution in [-0.2, 0) is 14.6 Å². The lowest BCUT2D eigenvalue weighted by molar-refractivity contribution is -0.190. The first-order valence-corrected chi connectivity index (χ1v) is 2.17. The van der Waals surface area contributed by atoms with Crippen LogP contribution in [0, 0.1) is 0 Å². The summed E-state index contributed by atoms with van der Waals surface area (Å²) < 4.78 is 31.3. The van der Waals surface area contributed by atoms with Gasteiger partial charge in [0.25, 0.3) is 0 Å². The summed E-state index contributed by atoms with van der Waals surface area (Å²) in [5.74, 6) is 0. The summed E-state index contributed by atoms with van der Waals surface area (Å²) in [5.41, 5.74) is 0. The van der Waals surface area contributed by atoms with Crippen LogP contribution < -0.4 is 5.32 Å². The monoisotopic (exact) mass is 161 g/mol. The molecule has 0 saturated carbocycles. The van der Waals surface area contributed by atoms with Crippen LogP contribution in [0.1, 0.15) is 0 Å². The van der Waals surface area contributed by atoms with Gasteiger partial charge in [0.2, 0.25) is 0 Å². The van der Waals surface area contributed by atoms with Gasteiger partial charge in [-0.15, -0.1) is 0 Å². The Bertz CT molecular complexity index is 51.5. The molecule has 0 bridgehead atoms. The van der Waals surface area contributed by atoms with Gasteiger partial charge >= 0.3 is 7.32 Å². The molecule has 0 aromatic carbocycles. The molecule has 0 radical (unpaired) electrons. The summed E-state index contributed by atoms with van der Waals surface area (Å²) in [5, 5.41) is 2.75. The Labute approximate surface area is 56.1 Å². The maximum atomic E-state index is 10.4. The third-order valence-electron chi connectivity index (χ3n) is 0.218. The molecule has 8 heteroatoms. The first-order valence-electron chi connectivity index (χ1n) is 2.17. The second kappa shape index (κ2) is 11.5. The van der Waals surface area contributed by atoms with Crippen molar-refractivity contribution in [1.82, 2.24) is 5.32 Å². The molecule has 0 aliphatic carbocycles. The van der Waals surface area contributed by atoms with Crippen LogP contribution in [0.4, 0.5) is 13.6 Å². The highest BCUT2D eigenvalue weighted by molar-refractivity contribution is 6.35. The first-order chi connectivity index (χ1) is 4.76. The maximum Gasteiger partial charge on any atom is 0.737 e. The Morgan fingerprint density at radius 2 is 1.20 bits per heavy atom. The van der Waals surface area contributed by atoms with Crippen molar-refractivity contribution in [3.05, 3.63) is 0 Å². The fourth-order valence-corrected chi connectivity index (χ4v) is 0.0412. The van der Waals surface area contributed by atoms with Crippen LogP contribution in [0.15, 0.2) is 0 Å². The minimum absolute atomic E-state index is 1.88. The topological polar surface area (TPSA) is 39.7 Å². The predicted molar refractivity (Wildman–Crippen MR) is 27.3 cm³/mol. The smallest absolute Gasteiger partial charge is 0.323 e. The van der Waals surface area contributed by atoms with Crippen LogP contribution in [0.2, 0.25) is 0 Å². The average Bonchev–Trinajstić information content (AvgIpc) is 1.93. The summed E-state index contributed by atoms with van der Waals surface area (Å²) >= 11 is 0. The molecule has 0 aliphatic rings. The minimum atomic E-state index is -2.51. The predicted octanol–water partition coefficient (Wildman–Crippen LogP) is 0.510. The molecule has 10 heavy (non-hydrogen) atoms. The van der Waals surface area contributed by atoms with Gasteiger partial charge in [-0.05, 0) is 14.1 Å². The molecule has 0 rings (SSSR count). The second-order valence-electron chi connectivity index (χ2n) is 1.06. The zero-order chi connectivity index (χ0) is 8.41. The van der Waals surface area contributed by atoms with Crippen molar-refractivity contribution in [2.75, 3.05) is 14.1 Å². The minimum Gasteiger partial charge on any atom is -0.323 e. The Morgan fingerprint density at radius 3 is 1.20 bits per heavy atom.